The SMILES string of the molecule is COc1ccc(C(=O)C(c2ccc(OC)cc2)C2(O)C(=O)Nc3ccccc32)cc1. The van der Waals surface area contributed by atoms with Crippen molar-refractivity contribution in [3.8, 4) is 11.5 Å². The van der Waals surface area contributed by atoms with Crippen molar-refractivity contribution < 1.29 is 24.2 Å². The number of nitrogens with one attached hydrogen (secondary N) is 1. The van der Waals surface area contributed by atoms with Crippen LogP contribution < -0.4 is 14.8 Å². The van der Waals surface area contributed by atoms with Crippen molar-refractivity contribution in [2.45, 2.75) is 11.5 Å². The van der Waals surface area contributed by atoms with Crippen LogP contribution in [0.4, 0.5) is 5.69 Å². The van der Waals surface area contributed by atoms with E-state index in [4.69, 9.17) is 9.47 Å². The molecular formula is C24H21NO5. The van der Waals surface area contributed by atoms with Gasteiger partial charge in [0.25, 0.3) is 5.91 Å². The molecule has 0 saturated carbocycles. The minimum absolute atomic E-state index is 0.363. The Morgan fingerprint density at radius 1 is 0.900 bits per heavy atom. The van der Waals surface area contributed by atoms with Crippen molar-refractivity contribution in [2.24, 2.45) is 0 Å². The lowest BCUT2D eigenvalue weighted by Gasteiger charge is -2.30. The van der Waals surface area contributed by atoms with Gasteiger partial charge >= 0.3 is 0 Å². The first-order chi connectivity index (χ1) is 14.5. The molecule has 3 aromatic rings. The van der Waals surface area contributed by atoms with Gasteiger partial charge in [-0.2, -0.15) is 0 Å². The van der Waals surface area contributed by atoms with Gasteiger partial charge in [-0.25, -0.2) is 0 Å². The zero-order valence-electron chi connectivity index (χ0n) is 16.6. The summed E-state index contributed by atoms with van der Waals surface area (Å²) in [5.74, 6) is -0.947. The lowest BCUT2D eigenvalue weighted by Crippen LogP contribution is -2.44. The van der Waals surface area contributed by atoms with Gasteiger partial charge < -0.3 is 19.9 Å². The molecule has 0 saturated heterocycles. The Morgan fingerprint density at radius 3 is 2.07 bits per heavy atom. The number of para-hydroxylation sites is 1. The monoisotopic (exact) mass is 403 g/mol. The molecule has 1 amide bonds. The van der Waals surface area contributed by atoms with Crippen LogP contribution in [0.15, 0.2) is 72.8 Å². The molecule has 0 spiro atoms. The Bertz CT molecular complexity index is 1090. The molecule has 6 nitrogen and oxygen atoms in total. The van der Waals surface area contributed by atoms with Gasteiger partial charge in [-0.1, -0.05) is 30.3 Å². The van der Waals surface area contributed by atoms with Crippen molar-refractivity contribution >= 4 is 17.4 Å². The van der Waals surface area contributed by atoms with Crippen molar-refractivity contribution in [3.05, 3.63) is 89.5 Å². The van der Waals surface area contributed by atoms with E-state index in [1.54, 1.807) is 87.0 Å². The topological polar surface area (TPSA) is 84.9 Å². The lowest BCUT2D eigenvalue weighted by molar-refractivity contribution is -0.135. The smallest absolute Gasteiger partial charge is 0.262 e. The minimum Gasteiger partial charge on any atom is -0.497 e. The van der Waals surface area contributed by atoms with Crippen LogP contribution >= 0.6 is 0 Å². The van der Waals surface area contributed by atoms with Gasteiger partial charge in [0.05, 0.1) is 20.1 Å². The molecule has 0 aliphatic carbocycles. The molecule has 1 aliphatic heterocycles. The second-order valence-electron chi connectivity index (χ2n) is 7.07. The zero-order chi connectivity index (χ0) is 21.3. The number of Topliss-reactive ketones (excluding diaryl/α,β-unsaturated/α-hetero) is 1. The molecule has 0 radical (unpaired) electrons. The van der Waals surface area contributed by atoms with E-state index < -0.39 is 17.4 Å². The fraction of sp³-hybridized carbons (Fsp3) is 0.167. The van der Waals surface area contributed by atoms with E-state index in [-0.39, 0.29) is 5.78 Å². The summed E-state index contributed by atoms with van der Waals surface area (Å²) >= 11 is 0. The number of carbonyl (C=O) groups is 2. The Kier molecular flexibility index (Phi) is 5.01. The molecule has 1 aliphatic rings. The highest BCUT2D eigenvalue weighted by Crippen LogP contribution is 2.47. The Hall–Kier alpha value is -3.64. The molecule has 152 valence electrons. The normalized spacial score (nSPS) is 18.3. The van der Waals surface area contributed by atoms with E-state index in [1.165, 1.54) is 0 Å². The first-order valence-corrected chi connectivity index (χ1v) is 9.44. The Morgan fingerprint density at radius 2 is 1.47 bits per heavy atom. The molecule has 3 aromatic carbocycles. The molecule has 2 unspecified atom stereocenters. The number of methoxy groups -OCH3 is 2. The fourth-order valence-electron chi connectivity index (χ4n) is 3.85. The summed E-state index contributed by atoms with van der Waals surface area (Å²) in [4.78, 5) is 26.6. The second-order valence-corrected chi connectivity index (χ2v) is 7.07. The van der Waals surface area contributed by atoms with E-state index in [0.29, 0.717) is 33.9 Å². The fourth-order valence-corrected chi connectivity index (χ4v) is 3.85. The van der Waals surface area contributed by atoms with Crippen molar-refractivity contribution in [2.75, 3.05) is 19.5 Å². The Balaban J connectivity index is 1.87. The number of rotatable bonds is 6. The number of hydrogen-bond donors (Lipinski definition) is 2. The number of fused-ring (bicyclic) bond motifs is 1. The zero-order valence-corrected chi connectivity index (χ0v) is 16.6. The molecule has 4 rings (SSSR count). The van der Waals surface area contributed by atoms with Gasteiger partial charge in [0.2, 0.25) is 0 Å². The van der Waals surface area contributed by atoms with Crippen LogP contribution in [0.2, 0.25) is 0 Å². The average Bonchev–Trinajstić information content (AvgIpc) is 3.05. The van der Waals surface area contributed by atoms with Crippen molar-refractivity contribution in [1.82, 2.24) is 0 Å². The first-order valence-electron chi connectivity index (χ1n) is 9.44. The number of hydrogen-bond acceptors (Lipinski definition) is 5. The van der Waals surface area contributed by atoms with Gasteiger partial charge in [-0.05, 0) is 48.0 Å². The van der Waals surface area contributed by atoms with Crippen molar-refractivity contribution in [1.29, 1.82) is 0 Å². The van der Waals surface area contributed by atoms with E-state index in [9.17, 15) is 14.7 Å². The molecule has 0 aromatic heterocycles. The van der Waals surface area contributed by atoms with Gasteiger partial charge in [-0.3, -0.25) is 9.59 Å². The number of carbonyl (C=O) groups excluding carboxylic acids is 2. The van der Waals surface area contributed by atoms with E-state index >= 15 is 0 Å². The number of ketones is 1. The summed E-state index contributed by atoms with van der Waals surface area (Å²) in [6.07, 6.45) is 0. The highest BCUT2D eigenvalue weighted by atomic mass is 16.5. The minimum atomic E-state index is -2.05. The van der Waals surface area contributed by atoms with Crippen LogP contribution in [-0.4, -0.2) is 31.0 Å². The highest BCUT2D eigenvalue weighted by molar-refractivity contribution is 6.12. The van der Waals surface area contributed by atoms with Gasteiger partial charge in [0, 0.05) is 16.8 Å². The molecular weight excluding hydrogens is 382 g/mol. The third-order valence-corrected chi connectivity index (χ3v) is 5.44. The number of anilines is 1. The van der Waals surface area contributed by atoms with Crippen LogP contribution in [0.25, 0.3) is 0 Å². The quantitative estimate of drug-likeness (QED) is 0.616. The molecule has 2 N–H and O–H groups in total. The molecule has 6 heteroatoms. The molecule has 0 fully saturated rings. The van der Waals surface area contributed by atoms with Crippen LogP contribution in [0.5, 0.6) is 11.5 Å². The largest absolute Gasteiger partial charge is 0.497 e. The maximum atomic E-state index is 13.6. The third-order valence-electron chi connectivity index (χ3n) is 5.44. The van der Waals surface area contributed by atoms with Crippen LogP contribution in [0, 0.1) is 0 Å². The first kappa shape index (κ1) is 19.7. The highest BCUT2D eigenvalue weighted by Gasteiger charge is 2.54. The summed E-state index contributed by atoms with van der Waals surface area (Å²) in [5, 5.41) is 14.4. The van der Waals surface area contributed by atoms with Gasteiger partial charge in [-0.15, -0.1) is 0 Å². The van der Waals surface area contributed by atoms with Crippen molar-refractivity contribution in [3.63, 3.8) is 0 Å². The van der Waals surface area contributed by atoms with E-state index in [2.05, 4.69) is 5.32 Å². The number of amides is 1. The predicted molar refractivity (Wildman–Crippen MR) is 112 cm³/mol. The average molecular weight is 403 g/mol. The van der Waals surface area contributed by atoms with Crippen LogP contribution in [0.1, 0.15) is 27.4 Å². The molecule has 30 heavy (non-hydrogen) atoms. The molecule has 2 atom stereocenters. The van der Waals surface area contributed by atoms with Gasteiger partial charge in [0.15, 0.2) is 11.4 Å². The summed E-state index contributed by atoms with van der Waals surface area (Å²) in [7, 11) is 3.09. The second kappa shape index (κ2) is 7.65. The predicted octanol–water partition coefficient (Wildman–Crippen LogP) is 3.51. The summed E-state index contributed by atoms with van der Waals surface area (Å²) < 4.78 is 10.4. The van der Waals surface area contributed by atoms with Gasteiger partial charge in [0.1, 0.15) is 11.5 Å². The van der Waals surface area contributed by atoms with E-state index in [0.717, 1.165) is 0 Å². The standard InChI is InChI=1S/C24H21NO5/c1-29-17-11-7-15(8-12-17)21(22(26)16-9-13-18(30-2)14-10-16)24(28)19-5-3-4-6-20(19)25-23(24)27/h3-14,21,28H,1-2H3,(H,25,27). The number of ether oxygens (including phenoxy) is 2. The maximum Gasteiger partial charge on any atom is 0.262 e. The van der Waals surface area contributed by atoms with Crippen LogP contribution in [-0.2, 0) is 10.4 Å². The number of benzene rings is 3. The maximum absolute atomic E-state index is 13.6. The lowest BCUT2D eigenvalue weighted by atomic mass is 9.74. The van der Waals surface area contributed by atoms with E-state index in [1.807, 2.05) is 0 Å². The third kappa shape index (κ3) is 3.11. The Labute approximate surface area is 174 Å². The number of aliphatic hydroxyl groups is 1. The summed E-state index contributed by atoms with van der Waals surface area (Å²) in [6, 6.07) is 20.2. The molecule has 0 bridgehead atoms. The molecule has 1 heterocycles. The van der Waals surface area contributed by atoms with Crippen LogP contribution in [0.3, 0.4) is 0 Å². The summed E-state index contributed by atoms with van der Waals surface area (Å²) in [6.45, 7) is 0. The summed E-state index contributed by atoms with van der Waals surface area (Å²) in [5.41, 5.74) is -0.320.